The van der Waals surface area contributed by atoms with Gasteiger partial charge in [0.05, 0.1) is 11.5 Å². The first-order chi connectivity index (χ1) is 12.8. The van der Waals surface area contributed by atoms with Crippen molar-refractivity contribution in [3.63, 3.8) is 0 Å². The van der Waals surface area contributed by atoms with E-state index in [1.165, 1.54) is 12.1 Å². The van der Waals surface area contributed by atoms with Crippen LogP contribution in [0.2, 0.25) is 0 Å². The van der Waals surface area contributed by atoms with E-state index in [1.54, 1.807) is 18.2 Å². The van der Waals surface area contributed by atoms with Gasteiger partial charge in [0.25, 0.3) is 11.1 Å². The zero-order chi connectivity index (χ0) is 19.7. The van der Waals surface area contributed by atoms with Gasteiger partial charge in [-0.3, -0.25) is 24.4 Å². The number of hydrogen-bond acceptors (Lipinski definition) is 7. The van der Waals surface area contributed by atoms with E-state index in [9.17, 15) is 24.6 Å². The maximum absolute atomic E-state index is 13.1. The smallest absolute Gasteiger partial charge is 0.259 e. The Kier molecular flexibility index (Phi) is 6.08. The van der Waals surface area contributed by atoms with Crippen molar-refractivity contribution in [2.75, 3.05) is 0 Å². The molecule has 0 bridgehead atoms. The van der Waals surface area contributed by atoms with Crippen LogP contribution in [0, 0.1) is 9.54 Å². The van der Waals surface area contributed by atoms with E-state index in [1.807, 2.05) is 0 Å². The van der Waals surface area contributed by atoms with Crippen molar-refractivity contribution in [3.8, 4) is 11.8 Å². The van der Waals surface area contributed by atoms with Crippen LogP contribution >= 0.6 is 24.4 Å². The molecule has 28 heavy (non-hydrogen) atoms. The highest BCUT2D eigenvalue weighted by molar-refractivity contribution is 7.71. The SMILES string of the molecule is O=C(c1ccccc1)C(c1c([O-])[nH]c(=S)[nH]c1=O)c1c(O)[nH]c(=S)[nH]c1=O.[NH4+]. The molecule has 10 nitrogen and oxygen atoms in total. The maximum Gasteiger partial charge on any atom is 0.259 e. The second kappa shape index (κ2) is 8.12. The van der Waals surface area contributed by atoms with Gasteiger partial charge in [-0.2, -0.15) is 0 Å². The molecule has 12 heteroatoms. The minimum absolute atomic E-state index is 0. The monoisotopic (exact) mass is 421 g/mol. The van der Waals surface area contributed by atoms with Gasteiger partial charge in [0.15, 0.2) is 15.3 Å². The van der Waals surface area contributed by atoms with Crippen LogP contribution in [0.4, 0.5) is 0 Å². The number of carbonyl (C=O) groups excluding carboxylic acids is 1. The summed E-state index contributed by atoms with van der Waals surface area (Å²) in [6, 6.07) is 7.73. The number of ketones is 1. The molecule has 1 unspecified atom stereocenters. The summed E-state index contributed by atoms with van der Waals surface area (Å²) in [5.41, 5.74) is -2.81. The van der Waals surface area contributed by atoms with Crippen LogP contribution in [-0.2, 0) is 0 Å². The van der Waals surface area contributed by atoms with Gasteiger partial charge in [-0.15, -0.1) is 0 Å². The molecule has 0 amide bonds. The second-order valence-corrected chi connectivity index (χ2v) is 6.30. The minimum Gasteiger partial charge on any atom is -0.860 e. The van der Waals surface area contributed by atoms with Crippen molar-refractivity contribution in [1.82, 2.24) is 26.1 Å². The van der Waals surface area contributed by atoms with Crippen molar-refractivity contribution in [1.29, 1.82) is 0 Å². The van der Waals surface area contributed by atoms with Gasteiger partial charge >= 0.3 is 0 Å². The molecular formula is C16H15N5O5S2. The Hall–Kier alpha value is -3.35. The van der Waals surface area contributed by atoms with Crippen LogP contribution in [0.1, 0.15) is 27.4 Å². The molecule has 0 aliphatic carbocycles. The molecule has 9 N–H and O–H groups in total. The van der Waals surface area contributed by atoms with Crippen LogP contribution in [0.3, 0.4) is 0 Å². The lowest BCUT2D eigenvalue weighted by Gasteiger charge is -2.21. The first-order valence-electron chi connectivity index (χ1n) is 7.48. The number of benzene rings is 1. The number of rotatable bonds is 4. The summed E-state index contributed by atoms with van der Waals surface area (Å²) >= 11 is 9.52. The highest BCUT2D eigenvalue weighted by Crippen LogP contribution is 2.31. The van der Waals surface area contributed by atoms with Crippen LogP contribution in [0.5, 0.6) is 11.8 Å². The van der Waals surface area contributed by atoms with Crippen molar-refractivity contribution in [2.24, 2.45) is 0 Å². The van der Waals surface area contributed by atoms with Crippen molar-refractivity contribution in [3.05, 3.63) is 77.3 Å². The van der Waals surface area contributed by atoms with E-state index < -0.39 is 45.7 Å². The standard InChI is InChI=1S/C16H12N4O5S2.H3N/c21-10(6-4-2-1-3-5-6)7(8-11(22)17-15(26)18-12(8)23)9-13(24)19-16(27)20-14(9)25;/h1-5,7H,(H3,17,18,22,23,26)(H3,19,20,24,25,27);1H3. The van der Waals surface area contributed by atoms with E-state index in [0.29, 0.717) is 0 Å². The number of carbonyl (C=O) groups is 1. The maximum atomic E-state index is 13.1. The highest BCUT2D eigenvalue weighted by Gasteiger charge is 2.32. The molecule has 0 aliphatic heterocycles. The third-order valence-electron chi connectivity index (χ3n) is 3.80. The van der Waals surface area contributed by atoms with Crippen LogP contribution in [-0.4, -0.2) is 30.8 Å². The van der Waals surface area contributed by atoms with E-state index in [4.69, 9.17) is 24.4 Å². The fourth-order valence-electron chi connectivity index (χ4n) is 2.66. The molecule has 0 saturated heterocycles. The third-order valence-corrected chi connectivity index (χ3v) is 4.21. The van der Waals surface area contributed by atoms with Gasteiger partial charge < -0.3 is 26.3 Å². The van der Waals surface area contributed by atoms with E-state index in [-0.39, 0.29) is 21.3 Å². The van der Waals surface area contributed by atoms with Crippen LogP contribution < -0.4 is 22.4 Å². The van der Waals surface area contributed by atoms with Crippen molar-refractivity contribution in [2.45, 2.75) is 5.92 Å². The number of H-pyrrole nitrogens is 4. The number of Topliss-reactive ketones (excluding diaryl/α,β-unsaturated/α-hetero) is 1. The molecule has 3 rings (SSSR count). The highest BCUT2D eigenvalue weighted by atomic mass is 32.1. The fraction of sp³-hybridized carbons (Fsp3) is 0.0625. The average molecular weight is 421 g/mol. The summed E-state index contributed by atoms with van der Waals surface area (Å²) in [5.74, 6) is -4.10. The Morgan fingerprint density at radius 1 is 0.929 bits per heavy atom. The van der Waals surface area contributed by atoms with Gasteiger partial charge in [-0.05, 0) is 30.3 Å². The van der Waals surface area contributed by atoms with Gasteiger partial charge in [0.1, 0.15) is 0 Å². The first-order valence-corrected chi connectivity index (χ1v) is 8.29. The molecule has 0 aliphatic rings. The minimum atomic E-state index is -1.69. The van der Waals surface area contributed by atoms with Crippen molar-refractivity contribution < 1.29 is 15.0 Å². The number of aromatic nitrogens is 4. The quantitative estimate of drug-likeness (QED) is 0.270. The molecule has 1 aromatic carbocycles. The van der Waals surface area contributed by atoms with E-state index in [0.717, 1.165) is 0 Å². The summed E-state index contributed by atoms with van der Waals surface area (Å²) in [7, 11) is 0. The molecule has 0 fully saturated rings. The third kappa shape index (κ3) is 3.83. The van der Waals surface area contributed by atoms with Crippen LogP contribution in [0.15, 0.2) is 39.9 Å². The molecule has 2 aromatic heterocycles. The Morgan fingerprint density at radius 2 is 1.46 bits per heavy atom. The zero-order valence-corrected chi connectivity index (χ0v) is 16.0. The Bertz CT molecular complexity index is 1190. The predicted molar refractivity (Wildman–Crippen MR) is 104 cm³/mol. The molecule has 2 heterocycles. The van der Waals surface area contributed by atoms with E-state index in [2.05, 4.69) is 19.9 Å². The van der Waals surface area contributed by atoms with Gasteiger partial charge in [-0.1, -0.05) is 30.3 Å². The fourth-order valence-corrected chi connectivity index (χ4v) is 3.04. The van der Waals surface area contributed by atoms with Crippen LogP contribution in [0.25, 0.3) is 0 Å². The number of quaternary nitrogens is 1. The van der Waals surface area contributed by atoms with E-state index >= 15 is 0 Å². The molecule has 0 spiro atoms. The normalized spacial score (nSPS) is 11.4. The zero-order valence-electron chi connectivity index (χ0n) is 14.4. The largest absolute Gasteiger partial charge is 0.860 e. The van der Waals surface area contributed by atoms with Gasteiger partial charge in [0, 0.05) is 11.1 Å². The summed E-state index contributed by atoms with van der Waals surface area (Å²) in [6.45, 7) is 0. The first kappa shape index (κ1) is 21.0. The molecule has 146 valence electrons. The van der Waals surface area contributed by atoms with Gasteiger partial charge in [-0.25, -0.2) is 0 Å². The Labute approximate surface area is 166 Å². The molecular weight excluding hydrogens is 406 g/mol. The number of aromatic hydroxyl groups is 1. The molecule has 3 aromatic rings. The number of aromatic amines is 4. The lowest BCUT2D eigenvalue weighted by Crippen LogP contribution is -2.30. The Balaban J connectivity index is 0.00000280. The Morgan fingerprint density at radius 3 is 2.00 bits per heavy atom. The summed E-state index contributed by atoms with van der Waals surface area (Å²) in [6.07, 6.45) is 0. The lowest BCUT2D eigenvalue weighted by molar-refractivity contribution is -0.276. The topological polar surface area (TPSA) is 194 Å². The molecule has 0 saturated carbocycles. The average Bonchev–Trinajstić information content (AvgIpc) is 2.59. The second-order valence-electron chi connectivity index (χ2n) is 5.48. The summed E-state index contributed by atoms with van der Waals surface area (Å²) in [4.78, 5) is 46.8. The lowest BCUT2D eigenvalue weighted by atomic mass is 9.86. The van der Waals surface area contributed by atoms with Crippen molar-refractivity contribution >= 4 is 30.2 Å². The summed E-state index contributed by atoms with van der Waals surface area (Å²) in [5, 5.41) is 22.6. The molecule has 1 atom stereocenters. The predicted octanol–water partition coefficient (Wildman–Crippen LogP) is 1.35. The van der Waals surface area contributed by atoms with Gasteiger partial charge in [0.2, 0.25) is 5.88 Å². The number of nitrogens with one attached hydrogen (secondary N) is 4. The number of hydrogen-bond donors (Lipinski definition) is 6. The summed E-state index contributed by atoms with van der Waals surface area (Å²) < 4.78 is -0.416. The molecule has 0 radical (unpaired) electrons.